The summed E-state index contributed by atoms with van der Waals surface area (Å²) in [5, 5.41) is 11.1. The standard InChI is InChI=1S/C16H10F3NO8S2/c17-16(18,19)30(26,27)12-5-6-14(13(7-12)20(23)24)29(25)9-15(22)28-11-3-1-10(8-21)2-4-11/h1-8H,9H2. The molecule has 2 rings (SSSR count). The van der Waals surface area contributed by atoms with Crippen LogP contribution in [-0.2, 0) is 25.4 Å². The molecule has 0 fully saturated rings. The number of carbonyl (C=O) groups excluding carboxylic acids is 2. The zero-order valence-electron chi connectivity index (χ0n) is 14.5. The van der Waals surface area contributed by atoms with E-state index in [-0.39, 0.29) is 11.8 Å². The number of hydrogen-bond donors (Lipinski definition) is 0. The maximum absolute atomic E-state index is 12.6. The number of rotatable bonds is 7. The van der Waals surface area contributed by atoms with Gasteiger partial charge in [0.1, 0.15) is 22.7 Å². The van der Waals surface area contributed by atoms with E-state index in [0.717, 1.165) is 0 Å². The van der Waals surface area contributed by atoms with E-state index in [1.807, 2.05) is 0 Å². The van der Waals surface area contributed by atoms with Gasteiger partial charge in [-0.2, -0.15) is 13.2 Å². The van der Waals surface area contributed by atoms with E-state index in [1.54, 1.807) is 0 Å². The minimum absolute atomic E-state index is 0.0104. The highest BCUT2D eigenvalue weighted by atomic mass is 32.2. The van der Waals surface area contributed by atoms with Crippen LogP contribution in [0.3, 0.4) is 0 Å². The molecule has 160 valence electrons. The number of hydrogen-bond acceptors (Lipinski definition) is 8. The monoisotopic (exact) mass is 465 g/mol. The normalized spacial score (nSPS) is 12.8. The van der Waals surface area contributed by atoms with Crippen molar-refractivity contribution in [3.05, 3.63) is 58.1 Å². The highest BCUT2D eigenvalue weighted by molar-refractivity contribution is 7.92. The average Bonchev–Trinajstić information content (AvgIpc) is 2.67. The summed E-state index contributed by atoms with van der Waals surface area (Å²) in [5.74, 6) is -2.00. The molecule has 0 spiro atoms. The summed E-state index contributed by atoms with van der Waals surface area (Å²) in [6.45, 7) is 0. The molecule has 0 saturated carbocycles. The number of sulfone groups is 1. The first-order valence-corrected chi connectivity index (χ1v) is 10.4. The van der Waals surface area contributed by atoms with Crippen LogP contribution in [0.5, 0.6) is 5.75 Å². The third-order valence-electron chi connectivity index (χ3n) is 3.48. The van der Waals surface area contributed by atoms with Crippen molar-refractivity contribution in [3.8, 4) is 5.75 Å². The second-order valence-electron chi connectivity index (χ2n) is 5.49. The Morgan fingerprint density at radius 3 is 2.27 bits per heavy atom. The van der Waals surface area contributed by atoms with Gasteiger partial charge in [0.2, 0.25) is 0 Å². The number of ether oxygens (including phenoxy) is 1. The molecule has 0 aliphatic carbocycles. The SMILES string of the molecule is O=Cc1ccc(OC(=O)CS(=O)c2ccc(S(=O)(=O)C(F)(F)F)cc2[N+](=O)[O-])cc1. The molecule has 0 aliphatic rings. The molecule has 30 heavy (non-hydrogen) atoms. The number of nitro benzene ring substituents is 1. The molecule has 0 bridgehead atoms. The minimum atomic E-state index is -5.86. The third-order valence-corrected chi connectivity index (χ3v) is 6.30. The predicted molar refractivity (Wildman–Crippen MR) is 95.1 cm³/mol. The van der Waals surface area contributed by atoms with E-state index in [4.69, 9.17) is 4.74 Å². The molecule has 14 heteroatoms. The molecule has 0 heterocycles. The first kappa shape index (κ1) is 23.2. The van der Waals surface area contributed by atoms with Crippen molar-refractivity contribution in [2.75, 3.05) is 5.75 Å². The van der Waals surface area contributed by atoms with Gasteiger partial charge in [0.25, 0.3) is 15.5 Å². The number of carbonyl (C=O) groups is 2. The quantitative estimate of drug-likeness (QED) is 0.200. The molecule has 0 N–H and O–H groups in total. The highest BCUT2D eigenvalue weighted by Gasteiger charge is 2.47. The summed E-state index contributed by atoms with van der Waals surface area (Å²) >= 11 is 0. The lowest BCUT2D eigenvalue weighted by molar-refractivity contribution is -0.388. The highest BCUT2D eigenvalue weighted by Crippen LogP contribution is 2.34. The van der Waals surface area contributed by atoms with Gasteiger partial charge in [-0.15, -0.1) is 0 Å². The Bertz CT molecular complexity index is 1130. The lowest BCUT2D eigenvalue weighted by Gasteiger charge is -2.09. The van der Waals surface area contributed by atoms with Gasteiger partial charge in [0.05, 0.1) is 20.6 Å². The van der Waals surface area contributed by atoms with Gasteiger partial charge < -0.3 is 4.74 Å². The molecule has 1 atom stereocenters. The van der Waals surface area contributed by atoms with Gasteiger partial charge in [-0.05, 0) is 36.4 Å². The third kappa shape index (κ3) is 5.07. The fourth-order valence-corrected chi connectivity index (χ4v) is 3.89. The first-order valence-electron chi connectivity index (χ1n) is 7.61. The summed E-state index contributed by atoms with van der Waals surface area (Å²) in [6, 6.07) is 6.30. The number of benzene rings is 2. The zero-order chi connectivity index (χ0) is 22.7. The van der Waals surface area contributed by atoms with Crippen LogP contribution in [-0.4, -0.2) is 41.1 Å². The van der Waals surface area contributed by atoms with Crippen LogP contribution in [0.4, 0.5) is 18.9 Å². The molecule has 0 radical (unpaired) electrons. The van der Waals surface area contributed by atoms with Crippen molar-refractivity contribution < 1.29 is 45.0 Å². The van der Waals surface area contributed by atoms with Crippen LogP contribution in [0, 0.1) is 10.1 Å². The lowest BCUT2D eigenvalue weighted by atomic mass is 10.2. The maximum atomic E-state index is 12.6. The summed E-state index contributed by atoms with van der Waals surface area (Å²) in [6.07, 6.45) is 0.544. The molecule has 0 saturated heterocycles. The van der Waals surface area contributed by atoms with E-state index >= 15 is 0 Å². The largest absolute Gasteiger partial charge is 0.501 e. The van der Waals surface area contributed by atoms with Crippen molar-refractivity contribution in [1.82, 2.24) is 0 Å². The van der Waals surface area contributed by atoms with E-state index in [9.17, 15) is 45.5 Å². The van der Waals surface area contributed by atoms with Gasteiger partial charge in [0, 0.05) is 11.6 Å². The van der Waals surface area contributed by atoms with Crippen molar-refractivity contribution >= 4 is 38.6 Å². The second kappa shape index (κ2) is 8.71. The van der Waals surface area contributed by atoms with Crippen LogP contribution in [0.15, 0.2) is 52.3 Å². The van der Waals surface area contributed by atoms with E-state index in [0.29, 0.717) is 24.0 Å². The van der Waals surface area contributed by atoms with Gasteiger partial charge in [-0.25, -0.2) is 8.42 Å². The van der Waals surface area contributed by atoms with Crippen LogP contribution in [0.2, 0.25) is 0 Å². The topological polar surface area (TPSA) is 138 Å². The maximum Gasteiger partial charge on any atom is 0.501 e. The summed E-state index contributed by atoms with van der Waals surface area (Å²) < 4.78 is 77.9. The fraction of sp³-hybridized carbons (Fsp3) is 0.125. The van der Waals surface area contributed by atoms with Crippen LogP contribution in [0.1, 0.15) is 10.4 Å². The number of halogens is 3. The lowest BCUT2D eigenvalue weighted by Crippen LogP contribution is -2.23. The summed E-state index contributed by atoms with van der Waals surface area (Å²) in [5.41, 5.74) is -6.56. The fourth-order valence-electron chi connectivity index (χ4n) is 2.09. The van der Waals surface area contributed by atoms with Crippen LogP contribution in [0.25, 0.3) is 0 Å². The molecule has 1 unspecified atom stereocenters. The Kier molecular flexibility index (Phi) is 6.72. The number of alkyl halides is 3. The van der Waals surface area contributed by atoms with Gasteiger partial charge >= 0.3 is 11.5 Å². The smallest absolute Gasteiger partial charge is 0.426 e. The van der Waals surface area contributed by atoms with Gasteiger partial charge in [0.15, 0.2) is 0 Å². The predicted octanol–water partition coefficient (Wildman–Crippen LogP) is 2.41. The van der Waals surface area contributed by atoms with E-state index in [2.05, 4.69) is 0 Å². The molecular weight excluding hydrogens is 455 g/mol. The minimum Gasteiger partial charge on any atom is -0.426 e. The van der Waals surface area contributed by atoms with Crippen LogP contribution < -0.4 is 4.74 Å². The Labute approximate surface area is 169 Å². The van der Waals surface area contributed by atoms with Crippen molar-refractivity contribution in [1.29, 1.82) is 0 Å². The Morgan fingerprint density at radius 1 is 1.17 bits per heavy atom. The van der Waals surface area contributed by atoms with Gasteiger partial charge in [-0.3, -0.25) is 23.9 Å². The van der Waals surface area contributed by atoms with Crippen molar-refractivity contribution in [2.45, 2.75) is 15.3 Å². The van der Waals surface area contributed by atoms with E-state index < -0.39 is 58.3 Å². The molecule has 2 aromatic carbocycles. The number of esters is 1. The summed E-state index contributed by atoms with van der Waals surface area (Å²) in [7, 11) is -8.29. The molecule has 0 amide bonds. The van der Waals surface area contributed by atoms with Crippen molar-refractivity contribution in [2.24, 2.45) is 0 Å². The second-order valence-corrected chi connectivity index (χ2v) is 8.85. The van der Waals surface area contributed by atoms with Crippen LogP contribution >= 0.6 is 0 Å². The van der Waals surface area contributed by atoms with Crippen molar-refractivity contribution in [3.63, 3.8) is 0 Å². The Balaban J connectivity index is 2.27. The number of aldehydes is 1. The van der Waals surface area contributed by atoms with Gasteiger partial charge in [-0.1, -0.05) is 0 Å². The Morgan fingerprint density at radius 2 is 1.77 bits per heavy atom. The summed E-state index contributed by atoms with van der Waals surface area (Å²) in [4.78, 5) is 30.3. The van der Waals surface area contributed by atoms with E-state index in [1.165, 1.54) is 24.3 Å². The molecule has 2 aromatic rings. The molecule has 0 aliphatic heterocycles. The molecule has 0 aromatic heterocycles. The first-order chi connectivity index (χ1) is 13.9. The molecular formula is C16H10F3NO8S2. The average molecular weight is 465 g/mol. The number of nitrogens with zero attached hydrogens (tertiary/aromatic N) is 1. The molecule has 9 nitrogen and oxygen atoms in total. The zero-order valence-corrected chi connectivity index (χ0v) is 16.1. The Hall–Kier alpha value is -3.13. The number of nitro groups is 1.